The lowest BCUT2D eigenvalue weighted by molar-refractivity contribution is -0.117. The van der Waals surface area contributed by atoms with Gasteiger partial charge in [0.25, 0.3) is 5.91 Å². The zero-order valence-electron chi connectivity index (χ0n) is 16.1. The number of carbonyl (C=O) groups excluding carboxylic acids is 2. The Morgan fingerprint density at radius 1 is 1.17 bits per heavy atom. The maximum atomic E-state index is 12.8. The van der Waals surface area contributed by atoms with Gasteiger partial charge in [0.15, 0.2) is 5.82 Å². The van der Waals surface area contributed by atoms with Gasteiger partial charge in [0.2, 0.25) is 5.91 Å². The van der Waals surface area contributed by atoms with Crippen molar-refractivity contribution >= 4 is 34.8 Å². The van der Waals surface area contributed by atoms with E-state index in [0.717, 1.165) is 23.5 Å². The summed E-state index contributed by atoms with van der Waals surface area (Å²) in [5.41, 5.74) is 3.21. The second-order valence-electron chi connectivity index (χ2n) is 6.99. The fraction of sp³-hybridized carbons (Fsp3) is 0.238. The Morgan fingerprint density at radius 2 is 2.00 bits per heavy atom. The van der Waals surface area contributed by atoms with Crippen LogP contribution < -0.4 is 10.2 Å². The van der Waals surface area contributed by atoms with Crippen molar-refractivity contribution in [1.29, 1.82) is 0 Å². The van der Waals surface area contributed by atoms with Gasteiger partial charge in [-0.15, -0.1) is 0 Å². The number of halogens is 1. The van der Waals surface area contributed by atoms with Crippen molar-refractivity contribution in [2.75, 3.05) is 16.8 Å². The zero-order chi connectivity index (χ0) is 20.5. The summed E-state index contributed by atoms with van der Waals surface area (Å²) < 4.78 is 1.67. The van der Waals surface area contributed by atoms with Crippen LogP contribution in [0, 0.1) is 13.8 Å². The first-order chi connectivity index (χ1) is 13.9. The third-order valence-corrected chi connectivity index (χ3v) is 5.07. The molecule has 4 rings (SSSR count). The minimum absolute atomic E-state index is 0.0933. The molecule has 2 aromatic heterocycles. The molecule has 1 aromatic carbocycles. The van der Waals surface area contributed by atoms with Crippen LogP contribution in [-0.2, 0) is 4.79 Å². The number of hydrogen-bond acceptors (Lipinski definition) is 4. The molecule has 8 heteroatoms. The molecule has 1 aliphatic rings. The summed E-state index contributed by atoms with van der Waals surface area (Å²) in [6.45, 7) is 4.50. The molecule has 0 bridgehead atoms. The SMILES string of the molecule is Cc1cc(C)n(-c2ccc(Cl)c(C(=O)Nc3cccc(N4CCCC4=O)c3)n2)n1. The van der Waals surface area contributed by atoms with Crippen LogP contribution >= 0.6 is 11.6 Å². The van der Waals surface area contributed by atoms with Gasteiger partial charge < -0.3 is 10.2 Å². The summed E-state index contributed by atoms with van der Waals surface area (Å²) in [6, 6.07) is 12.5. The van der Waals surface area contributed by atoms with Crippen LogP contribution in [0.5, 0.6) is 0 Å². The number of aromatic nitrogens is 3. The molecule has 3 heterocycles. The minimum Gasteiger partial charge on any atom is -0.321 e. The monoisotopic (exact) mass is 409 g/mol. The summed E-state index contributed by atoms with van der Waals surface area (Å²) in [5.74, 6) is 0.181. The van der Waals surface area contributed by atoms with Crippen molar-refractivity contribution in [3.63, 3.8) is 0 Å². The van der Waals surface area contributed by atoms with Gasteiger partial charge >= 0.3 is 0 Å². The van der Waals surface area contributed by atoms with Crippen LogP contribution in [0.3, 0.4) is 0 Å². The van der Waals surface area contributed by atoms with Gasteiger partial charge in [-0.2, -0.15) is 5.10 Å². The molecular formula is C21H20ClN5O2. The lowest BCUT2D eigenvalue weighted by Gasteiger charge is -2.17. The van der Waals surface area contributed by atoms with Gasteiger partial charge in [-0.3, -0.25) is 9.59 Å². The fourth-order valence-electron chi connectivity index (χ4n) is 3.43. The highest BCUT2D eigenvalue weighted by Crippen LogP contribution is 2.25. The molecule has 1 saturated heterocycles. The van der Waals surface area contributed by atoms with Crippen LogP contribution in [0.25, 0.3) is 5.82 Å². The standard InChI is InChI=1S/C21H20ClN5O2/c1-13-11-14(2)27(25-13)18-9-8-17(22)20(24-18)21(29)23-15-5-3-6-16(12-15)26-10-4-7-19(26)28/h3,5-6,8-9,11-12H,4,7,10H2,1-2H3,(H,23,29). The Labute approximate surface area is 173 Å². The molecule has 1 aliphatic heterocycles. The minimum atomic E-state index is -0.428. The van der Waals surface area contributed by atoms with Crippen LogP contribution in [0.1, 0.15) is 34.7 Å². The predicted octanol–water partition coefficient (Wildman–Crippen LogP) is 3.92. The van der Waals surface area contributed by atoms with Crippen LogP contribution in [0.2, 0.25) is 5.02 Å². The predicted molar refractivity (Wildman–Crippen MR) is 112 cm³/mol. The second kappa shape index (κ2) is 7.67. The molecule has 3 aromatic rings. The maximum absolute atomic E-state index is 12.8. The first-order valence-electron chi connectivity index (χ1n) is 9.34. The van der Waals surface area contributed by atoms with Gasteiger partial charge in [0.05, 0.1) is 10.7 Å². The Hall–Kier alpha value is -3.19. The zero-order valence-corrected chi connectivity index (χ0v) is 16.9. The van der Waals surface area contributed by atoms with Gasteiger partial charge in [-0.1, -0.05) is 17.7 Å². The first-order valence-corrected chi connectivity index (χ1v) is 9.72. The average molecular weight is 410 g/mol. The Balaban J connectivity index is 1.60. The quantitative estimate of drug-likeness (QED) is 0.708. The second-order valence-corrected chi connectivity index (χ2v) is 7.40. The van der Waals surface area contributed by atoms with E-state index in [1.807, 2.05) is 26.0 Å². The summed E-state index contributed by atoms with van der Waals surface area (Å²) in [7, 11) is 0. The number of benzene rings is 1. The Kier molecular flexibility index (Phi) is 5.07. The third-order valence-electron chi connectivity index (χ3n) is 4.76. The molecule has 0 saturated carbocycles. The van der Waals surface area contributed by atoms with Crippen LogP contribution in [0.15, 0.2) is 42.5 Å². The van der Waals surface area contributed by atoms with E-state index in [4.69, 9.17) is 11.6 Å². The lowest BCUT2D eigenvalue weighted by Crippen LogP contribution is -2.23. The molecule has 29 heavy (non-hydrogen) atoms. The number of anilines is 2. The topological polar surface area (TPSA) is 80.1 Å². The summed E-state index contributed by atoms with van der Waals surface area (Å²) in [5, 5.41) is 7.47. The molecule has 0 unspecified atom stereocenters. The number of hydrogen-bond donors (Lipinski definition) is 1. The third kappa shape index (κ3) is 3.86. The van der Waals surface area contributed by atoms with E-state index in [2.05, 4.69) is 15.4 Å². The van der Waals surface area contributed by atoms with Crippen molar-refractivity contribution < 1.29 is 9.59 Å². The van der Waals surface area contributed by atoms with Crippen LogP contribution in [0.4, 0.5) is 11.4 Å². The van der Waals surface area contributed by atoms with Crippen molar-refractivity contribution in [1.82, 2.24) is 14.8 Å². The highest BCUT2D eigenvalue weighted by Gasteiger charge is 2.22. The first kappa shape index (κ1) is 19.1. The van der Waals surface area contributed by atoms with E-state index in [9.17, 15) is 9.59 Å². The van der Waals surface area contributed by atoms with Gasteiger partial charge in [-0.05, 0) is 56.7 Å². The lowest BCUT2D eigenvalue weighted by atomic mass is 10.2. The van der Waals surface area contributed by atoms with Crippen LogP contribution in [-0.4, -0.2) is 33.1 Å². The number of nitrogens with one attached hydrogen (secondary N) is 1. The largest absolute Gasteiger partial charge is 0.321 e. The van der Waals surface area contributed by atoms with E-state index >= 15 is 0 Å². The highest BCUT2D eigenvalue weighted by atomic mass is 35.5. The Bertz CT molecular complexity index is 1110. The van der Waals surface area contributed by atoms with Crippen molar-refractivity contribution in [3.05, 3.63) is 64.6 Å². The normalized spacial score (nSPS) is 13.8. The molecule has 0 atom stereocenters. The van der Waals surface area contributed by atoms with Gasteiger partial charge in [-0.25, -0.2) is 9.67 Å². The van der Waals surface area contributed by atoms with E-state index in [0.29, 0.717) is 24.5 Å². The molecule has 7 nitrogen and oxygen atoms in total. The summed E-state index contributed by atoms with van der Waals surface area (Å²) >= 11 is 6.24. The number of carbonyl (C=O) groups is 2. The maximum Gasteiger partial charge on any atom is 0.275 e. The highest BCUT2D eigenvalue weighted by molar-refractivity contribution is 6.34. The fourth-order valence-corrected chi connectivity index (χ4v) is 3.62. The van der Waals surface area contributed by atoms with Gasteiger partial charge in [0.1, 0.15) is 5.69 Å². The number of amides is 2. The number of nitrogens with zero attached hydrogens (tertiary/aromatic N) is 4. The van der Waals surface area contributed by atoms with E-state index in [1.54, 1.807) is 39.9 Å². The molecule has 0 aliphatic carbocycles. The molecule has 1 fully saturated rings. The summed E-state index contributed by atoms with van der Waals surface area (Å²) in [4.78, 5) is 31.0. The Morgan fingerprint density at radius 3 is 2.69 bits per heavy atom. The average Bonchev–Trinajstić information content (AvgIpc) is 3.27. The van der Waals surface area contributed by atoms with Crippen molar-refractivity contribution in [3.8, 4) is 5.82 Å². The summed E-state index contributed by atoms with van der Waals surface area (Å²) in [6.07, 6.45) is 1.39. The number of rotatable bonds is 4. The smallest absolute Gasteiger partial charge is 0.275 e. The molecule has 0 radical (unpaired) electrons. The van der Waals surface area contributed by atoms with Gasteiger partial charge in [0, 0.05) is 30.0 Å². The van der Waals surface area contributed by atoms with Crippen molar-refractivity contribution in [2.24, 2.45) is 0 Å². The van der Waals surface area contributed by atoms with E-state index in [-0.39, 0.29) is 16.6 Å². The number of pyridine rings is 1. The molecular weight excluding hydrogens is 390 g/mol. The molecule has 0 spiro atoms. The number of aryl methyl sites for hydroxylation is 2. The van der Waals surface area contributed by atoms with E-state index < -0.39 is 5.91 Å². The van der Waals surface area contributed by atoms with Crippen molar-refractivity contribution in [2.45, 2.75) is 26.7 Å². The molecule has 148 valence electrons. The van der Waals surface area contributed by atoms with E-state index in [1.165, 1.54) is 0 Å². The molecule has 1 N–H and O–H groups in total. The molecule has 2 amide bonds.